The lowest BCUT2D eigenvalue weighted by Gasteiger charge is -2.39. The Hall–Kier alpha value is -7.35. The SMILES string of the molecule is CCOC(=O)C1=CCC2CCC1N2C(=O)OC(C)(C)C.CCOC(=O)C1C=CC2CCC1C2.CCOC(=O)[C@@H]1CCC2CCC1N2C(=O)OC(C)(C)C.CCOC(=O)[C@@H]1CCC2CCC1N2C(=O)OC(C)(C)C.CCOC(=O)[C@H]1CCC2CCC1N2C(=O)OC(C)(C)C.CCOC(=O)[C@H]1CCC2CCC1N2C(=O)OC(C)(C)C. The summed E-state index contributed by atoms with van der Waals surface area (Å²) in [5, 5.41) is 0. The predicted octanol–water partition coefficient (Wildman–Crippen LogP) is 15.7. The number of rotatable bonds is 12. The Morgan fingerprint density at radius 2 is 0.584 bits per heavy atom. The minimum Gasteiger partial charge on any atom is -0.466 e. The number of hydrogen-bond donors (Lipinski definition) is 0. The standard InChI is InChI=1S/4C15H25NO4.C15H23NO4.C11H16O2/c5*1-5-19-13(17)11-8-6-10-7-9-12(11)16(10)14(18)20-15(2,3)4;1-2-13-11(12)10-6-4-8-3-5-9(10)7-8/h4*10-12H,5-9H2,1-4H3;8,10,12H,5-7,9H2,1-4H3;4,6,8-10H,2-3,5,7H2,1H3/t4*10?,11-,12?;;/m1100../s1. The van der Waals surface area contributed by atoms with E-state index in [9.17, 15) is 52.7 Å². The van der Waals surface area contributed by atoms with Gasteiger partial charge >= 0.3 is 66.3 Å². The number of ether oxygens (including phenoxy) is 11. The Labute approximate surface area is 672 Å². The summed E-state index contributed by atoms with van der Waals surface area (Å²) in [6.45, 7) is 41.1. The normalized spacial score (nSPS) is 29.3. The quantitative estimate of drug-likeness (QED) is 0.0995. The highest BCUT2D eigenvalue weighted by Crippen LogP contribution is 2.46. The zero-order chi connectivity index (χ0) is 83.8. The molecule has 1 saturated carbocycles. The van der Waals surface area contributed by atoms with Crippen LogP contribution in [0.25, 0.3) is 0 Å². The predicted molar refractivity (Wildman–Crippen MR) is 421 cm³/mol. The molecule has 0 radical (unpaired) electrons. The second kappa shape index (κ2) is 40.5. The van der Waals surface area contributed by atoms with E-state index in [0.29, 0.717) is 57.6 Å². The van der Waals surface area contributed by atoms with Gasteiger partial charge < -0.3 is 71.7 Å². The number of carbonyl (C=O) groups is 11. The Morgan fingerprint density at radius 3 is 0.876 bits per heavy atom. The molecule has 10 fully saturated rings. The molecule has 5 amide bonds. The Morgan fingerprint density at radius 1 is 0.310 bits per heavy atom. The molecule has 27 heteroatoms. The highest BCUT2D eigenvalue weighted by atomic mass is 16.6. The summed E-state index contributed by atoms with van der Waals surface area (Å²) in [7, 11) is 0. The summed E-state index contributed by atoms with van der Waals surface area (Å²) < 4.78 is 58.1. The molecule has 640 valence electrons. The molecule has 113 heavy (non-hydrogen) atoms. The number of allylic oxidation sites excluding steroid dienone is 1. The summed E-state index contributed by atoms with van der Waals surface area (Å²) >= 11 is 0. The average molecular weight is 1600 g/mol. The highest BCUT2D eigenvalue weighted by Gasteiger charge is 2.54. The van der Waals surface area contributed by atoms with Crippen LogP contribution < -0.4 is 0 Å². The van der Waals surface area contributed by atoms with Gasteiger partial charge in [-0.05, 0) is 298 Å². The van der Waals surface area contributed by atoms with E-state index in [1.54, 1.807) is 31.4 Å². The van der Waals surface area contributed by atoms with Crippen LogP contribution >= 0.6 is 0 Å². The third-order valence-electron chi connectivity index (χ3n) is 22.8. The van der Waals surface area contributed by atoms with Gasteiger partial charge in [-0.3, -0.25) is 28.9 Å². The fraction of sp³-hybridized carbons (Fsp3) is 0.826. The molecule has 13 unspecified atom stereocenters. The van der Waals surface area contributed by atoms with E-state index in [0.717, 1.165) is 121 Å². The Bertz CT molecular complexity index is 3020. The highest BCUT2D eigenvalue weighted by molar-refractivity contribution is 5.91. The number of amides is 5. The van der Waals surface area contributed by atoms with Gasteiger partial charge in [0.15, 0.2) is 0 Å². The van der Waals surface area contributed by atoms with Gasteiger partial charge in [0.05, 0.1) is 80.8 Å². The lowest BCUT2D eigenvalue weighted by molar-refractivity contribution is -0.152. The maximum Gasteiger partial charge on any atom is 0.411 e. The molecule has 0 N–H and O–H groups in total. The fourth-order valence-corrected chi connectivity index (χ4v) is 18.5. The summed E-state index contributed by atoms with van der Waals surface area (Å²) in [4.78, 5) is 142. The molecule has 0 aromatic carbocycles. The van der Waals surface area contributed by atoms with Crippen molar-refractivity contribution in [2.45, 2.75) is 375 Å². The van der Waals surface area contributed by atoms with Crippen LogP contribution in [0.4, 0.5) is 24.0 Å². The van der Waals surface area contributed by atoms with Crippen molar-refractivity contribution in [1.29, 1.82) is 0 Å². The molecular weight excluding hydrogens is 1450 g/mol. The van der Waals surface area contributed by atoms with Gasteiger partial charge in [-0.25, -0.2) is 28.8 Å². The van der Waals surface area contributed by atoms with Crippen molar-refractivity contribution in [3.63, 3.8) is 0 Å². The Kier molecular flexibility index (Phi) is 33.3. The van der Waals surface area contributed by atoms with Crippen LogP contribution in [0.15, 0.2) is 23.8 Å². The number of piperidine rings is 4. The van der Waals surface area contributed by atoms with Crippen molar-refractivity contribution in [3.8, 4) is 0 Å². The van der Waals surface area contributed by atoms with E-state index < -0.39 is 28.0 Å². The molecule has 0 aromatic heterocycles. The lowest BCUT2D eigenvalue weighted by Crippen LogP contribution is -2.51. The van der Waals surface area contributed by atoms with E-state index in [2.05, 4.69) is 12.2 Å². The molecule has 27 nitrogen and oxygen atoms in total. The van der Waals surface area contributed by atoms with Crippen LogP contribution in [0, 0.1) is 41.4 Å². The van der Waals surface area contributed by atoms with Crippen LogP contribution in [0.5, 0.6) is 0 Å². The second-order valence-electron chi connectivity index (χ2n) is 36.7. The van der Waals surface area contributed by atoms with E-state index in [4.69, 9.17) is 52.1 Å². The first-order chi connectivity index (χ1) is 53.0. The molecule has 0 aromatic rings. The topological polar surface area (TPSA) is 306 Å². The van der Waals surface area contributed by atoms with Crippen molar-refractivity contribution in [2.75, 3.05) is 39.6 Å². The van der Waals surface area contributed by atoms with E-state index in [-0.39, 0.29) is 156 Å². The van der Waals surface area contributed by atoms with Gasteiger partial charge in [0.1, 0.15) is 28.0 Å². The number of hydrogen-bond acceptors (Lipinski definition) is 22. The van der Waals surface area contributed by atoms with Gasteiger partial charge in [-0.2, -0.15) is 0 Å². The zero-order valence-corrected chi connectivity index (χ0v) is 72.1. The van der Waals surface area contributed by atoms with Gasteiger partial charge in [-0.15, -0.1) is 0 Å². The van der Waals surface area contributed by atoms with E-state index in [1.165, 1.54) is 19.3 Å². The van der Waals surface area contributed by atoms with Gasteiger partial charge in [0.25, 0.3) is 0 Å². The first kappa shape index (κ1) is 92.8. The van der Waals surface area contributed by atoms with Crippen molar-refractivity contribution in [1.82, 2.24) is 24.5 Å². The maximum absolute atomic E-state index is 12.4. The maximum atomic E-state index is 12.4. The molecule has 12 bridgehead atoms. The first-order valence-electron chi connectivity index (χ1n) is 42.4. The smallest absolute Gasteiger partial charge is 0.411 e. The Balaban J connectivity index is 0.000000189. The monoisotopic (exact) mass is 1590 g/mol. The minimum absolute atomic E-state index is 0.0240. The second-order valence-corrected chi connectivity index (χ2v) is 36.7. The molecular formula is C86H139N5O22. The van der Waals surface area contributed by atoms with Crippen LogP contribution in [0.3, 0.4) is 0 Å². The number of esters is 6. The van der Waals surface area contributed by atoms with Gasteiger partial charge in [-0.1, -0.05) is 18.2 Å². The molecule has 10 heterocycles. The zero-order valence-electron chi connectivity index (χ0n) is 72.1. The van der Waals surface area contributed by atoms with Crippen molar-refractivity contribution < 1.29 is 105 Å². The molecule has 0 spiro atoms. The third-order valence-corrected chi connectivity index (χ3v) is 22.8. The molecule has 17 atom stereocenters. The summed E-state index contributed by atoms with van der Waals surface area (Å²) in [6.07, 6.45) is 24.7. The molecule has 2 aliphatic carbocycles. The molecule has 12 rings (SSSR count). The summed E-state index contributed by atoms with van der Waals surface area (Å²) in [5.41, 5.74) is -1.95. The van der Waals surface area contributed by atoms with E-state index >= 15 is 0 Å². The fourth-order valence-electron chi connectivity index (χ4n) is 18.5. The van der Waals surface area contributed by atoms with E-state index in [1.807, 2.05) is 145 Å². The van der Waals surface area contributed by atoms with Gasteiger partial charge in [0, 0.05) is 54.4 Å². The third kappa shape index (κ3) is 25.6. The molecule has 9 saturated heterocycles. The van der Waals surface area contributed by atoms with Crippen molar-refractivity contribution >= 4 is 66.3 Å². The van der Waals surface area contributed by atoms with Crippen LogP contribution in [-0.2, 0) is 80.9 Å². The van der Waals surface area contributed by atoms with Crippen molar-refractivity contribution in [3.05, 3.63) is 23.8 Å². The van der Waals surface area contributed by atoms with Gasteiger partial charge in [0.2, 0.25) is 0 Å². The molecule has 12 aliphatic rings. The first-order valence-corrected chi connectivity index (χ1v) is 42.4. The number of fused-ring (bicyclic) bond motifs is 12. The number of carbonyl (C=O) groups excluding carboxylic acids is 11. The average Bonchev–Trinajstić information content (AvgIpc) is 1.66. The van der Waals surface area contributed by atoms with Crippen LogP contribution in [0.1, 0.15) is 287 Å². The summed E-state index contributed by atoms with van der Waals surface area (Å²) in [5.74, 6) is -0.445. The van der Waals surface area contributed by atoms with Crippen molar-refractivity contribution in [2.24, 2.45) is 41.4 Å². The molecule has 10 aliphatic heterocycles. The largest absolute Gasteiger partial charge is 0.466 e. The lowest BCUT2D eigenvalue weighted by atomic mass is 9.85. The minimum atomic E-state index is -0.526. The van der Waals surface area contributed by atoms with Crippen LogP contribution in [-0.4, -0.2) is 219 Å². The van der Waals surface area contributed by atoms with Crippen LogP contribution in [0.2, 0.25) is 0 Å². The number of nitrogens with zero attached hydrogens (tertiary/aromatic N) is 5. The summed E-state index contributed by atoms with van der Waals surface area (Å²) in [6, 6.07) is 0.633.